The number of fused-ring (bicyclic) bond motifs is 5. The molecule has 0 fully saturated rings. The third-order valence-electron chi connectivity index (χ3n) is 6.68. The number of halogens is 2. The second kappa shape index (κ2) is 9.50. The Hall–Kier alpha value is -3.11. The highest BCUT2D eigenvalue weighted by Gasteiger charge is 2.36. The van der Waals surface area contributed by atoms with Crippen molar-refractivity contribution in [1.29, 1.82) is 0 Å². The molecule has 0 radical (unpaired) electrons. The number of pyridine rings is 2. The number of hydrogen-bond acceptors (Lipinski definition) is 7. The summed E-state index contributed by atoms with van der Waals surface area (Å²) in [6.45, 7) is 5.65. The van der Waals surface area contributed by atoms with Gasteiger partial charge in [-0.1, -0.05) is 13.8 Å². The molecule has 3 aliphatic rings. The third-order valence-corrected chi connectivity index (χ3v) is 6.68. The number of thiol groups is 1. The number of hydrogen-bond donors (Lipinski definition) is 2. The van der Waals surface area contributed by atoms with Gasteiger partial charge in [-0.25, -0.2) is 14.2 Å². The number of aryl methyl sites for hydroxylation is 1. The number of esters is 1. The van der Waals surface area contributed by atoms with E-state index in [4.69, 9.17) is 4.74 Å². The van der Waals surface area contributed by atoms with E-state index in [1.165, 1.54) is 10.6 Å². The predicted octanol–water partition coefficient (Wildman–Crippen LogP) is 4.31. The van der Waals surface area contributed by atoms with E-state index in [0.29, 0.717) is 58.2 Å². The first-order chi connectivity index (χ1) is 16.9. The number of ketones is 1. The lowest BCUT2D eigenvalue weighted by Gasteiger charge is -2.21. The Morgan fingerprint density at radius 1 is 1.11 bits per heavy atom. The Morgan fingerprint density at radius 3 is 2.54 bits per heavy atom. The maximum Gasteiger partial charge on any atom is 0.340 e. The summed E-state index contributed by atoms with van der Waals surface area (Å²) in [5, 5.41) is 10.9. The number of benzene rings is 1. The van der Waals surface area contributed by atoms with E-state index in [-0.39, 0.29) is 35.9 Å². The maximum atomic E-state index is 14.6. The molecule has 1 N–H and O–H groups in total. The third kappa shape index (κ3) is 3.66. The standard InChI is InChI=1S/C23H17FN2O5.C2H6.FHS/c1-9-10-3-2-4-17(27)19-12-7-26-16(20(12)25-15(18(10)19)6-14(9)24)5-11-13(22(26)29)8-31-23(30)21(11)28;2*1-2/h5-6,21,28H,2-4,7-8H2,1H3;1-2H3;2H. The molecule has 7 nitrogen and oxygen atoms in total. The van der Waals surface area contributed by atoms with Gasteiger partial charge in [0, 0.05) is 47.6 Å². The van der Waals surface area contributed by atoms with Crippen LogP contribution in [0.25, 0.3) is 22.3 Å². The van der Waals surface area contributed by atoms with Crippen LogP contribution < -0.4 is 5.56 Å². The molecule has 0 bridgehead atoms. The summed E-state index contributed by atoms with van der Waals surface area (Å²) in [7, 11) is 0. The molecular formula is C25H24F2N2O5S. The highest BCUT2D eigenvalue weighted by atomic mass is 32.1. The van der Waals surface area contributed by atoms with Crippen LogP contribution in [0.5, 0.6) is 0 Å². The summed E-state index contributed by atoms with van der Waals surface area (Å²) in [5.41, 5.74) is 3.66. The van der Waals surface area contributed by atoms with E-state index >= 15 is 0 Å². The molecule has 0 amide bonds. The number of rotatable bonds is 0. The number of carbonyl (C=O) groups excluding carboxylic acids is 2. The SMILES string of the molecule is CC.Cc1c(F)cc2nc3c(c4c2c1CCCC4=O)Cn1c-3cc2c(c1=O)COC(=O)C2O.FS. The highest BCUT2D eigenvalue weighted by Crippen LogP contribution is 2.41. The van der Waals surface area contributed by atoms with Crippen molar-refractivity contribution in [2.75, 3.05) is 0 Å². The summed E-state index contributed by atoms with van der Waals surface area (Å²) in [6, 6.07) is 2.90. The molecule has 1 aromatic carbocycles. The van der Waals surface area contributed by atoms with Crippen molar-refractivity contribution >= 4 is 35.7 Å². The number of ether oxygens (including phenoxy) is 1. The van der Waals surface area contributed by atoms with Crippen LogP contribution in [0.1, 0.15) is 71.0 Å². The molecule has 6 rings (SSSR count). The smallest absolute Gasteiger partial charge is 0.340 e. The van der Waals surface area contributed by atoms with Crippen molar-refractivity contribution in [3.63, 3.8) is 0 Å². The molecular weight excluding hydrogens is 478 g/mol. The van der Waals surface area contributed by atoms with Crippen molar-refractivity contribution in [1.82, 2.24) is 9.55 Å². The Labute approximate surface area is 205 Å². The van der Waals surface area contributed by atoms with Crippen LogP contribution in [0, 0.1) is 12.7 Å². The first kappa shape index (κ1) is 25.0. The molecule has 0 saturated heterocycles. The van der Waals surface area contributed by atoms with Crippen molar-refractivity contribution < 1.29 is 27.7 Å². The van der Waals surface area contributed by atoms with Crippen LogP contribution in [0.15, 0.2) is 16.9 Å². The molecule has 1 atom stereocenters. The molecule has 2 aliphatic heterocycles. The van der Waals surface area contributed by atoms with Gasteiger partial charge in [-0.3, -0.25) is 9.59 Å². The number of carbonyl (C=O) groups is 2. The highest BCUT2D eigenvalue weighted by molar-refractivity contribution is 7.74. The van der Waals surface area contributed by atoms with Gasteiger partial charge < -0.3 is 14.4 Å². The van der Waals surface area contributed by atoms with Gasteiger partial charge in [-0.05, 0) is 37.0 Å². The van der Waals surface area contributed by atoms with Gasteiger partial charge in [0.1, 0.15) is 12.4 Å². The quantitative estimate of drug-likeness (QED) is 0.275. The first-order valence-electron chi connectivity index (χ1n) is 11.3. The first-order valence-corrected chi connectivity index (χ1v) is 11.7. The lowest BCUT2D eigenvalue weighted by Crippen LogP contribution is -2.32. The van der Waals surface area contributed by atoms with Gasteiger partial charge in [-0.2, -0.15) is 3.89 Å². The van der Waals surface area contributed by atoms with E-state index in [2.05, 4.69) is 4.98 Å². The zero-order valence-corrected chi connectivity index (χ0v) is 20.3. The summed E-state index contributed by atoms with van der Waals surface area (Å²) in [4.78, 5) is 42.7. The molecule has 1 unspecified atom stereocenters. The molecule has 0 spiro atoms. The van der Waals surface area contributed by atoms with Gasteiger partial charge in [0.05, 0.1) is 29.0 Å². The minimum Gasteiger partial charge on any atom is -0.458 e. The molecule has 184 valence electrons. The van der Waals surface area contributed by atoms with E-state index < -0.39 is 17.6 Å². The normalized spacial score (nSPS) is 17.2. The number of aliphatic hydroxyl groups is 1. The van der Waals surface area contributed by atoms with Crippen LogP contribution in [0.3, 0.4) is 0 Å². The van der Waals surface area contributed by atoms with E-state index in [1.54, 1.807) is 13.0 Å². The van der Waals surface area contributed by atoms with Crippen molar-refractivity contribution in [2.24, 2.45) is 0 Å². The number of nitrogens with zero attached hydrogens (tertiary/aromatic N) is 2. The molecule has 2 aromatic heterocycles. The molecule has 10 heteroatoms. The maximum absolute atomic E-state index is 14.6. The largest absolute Gasteiger partial charge is 0.458 e. The van der Waals surface area contributed by atoms with Crippen LogP contribution in [-0.4, -0.2) is 26.4 Å². The Balaban J connectivity index is 0.000000689. The minimum atomic E-state index is -1.55. The second-order valence-corrected chi connectivity index (χ2v) is 8.31. The topological polar surface area (TPSA) is 98.5 Å². The second-order valence-electron chi connectivity index (χ2n) is 8.31. The fraction of sp³-hybridized carbons (Fsp3) is 0.360. The molecule has 35 heavy (non-hydrogen) atoms. The van der Waals surface area contributed by atoms with Crippen LogP contribution >= 0.6 is 13.0 Å². The van der Waals surface area contributed by atoms with E-state index in [9.17, 15) is 27.8 Å². The van der Waals surface area contributed by atoms with Gasteiger partial charge in [0.2, 0.25) is 0 Å². The number of aromatic nitrogens is 2. The summed E-state index contributed by atoms with van der Waals surface area (Å²) in [6.07, 6.45) is -0.00757. The summed E-state index contributed by atoms with van der Waals surface area (Å²) < 4.78 is 30.2. The number of Topliss-reactive ketones (excluding diaryl/α,β-unsaturated/α-hetero) is 1. The molecule has 0 saturated carbocycles. The van der Waals surface area contributed by atoms with Crippen LogP contribution in [-0.2, 0) is 29.1 Å². The fourth-order valence-electron chi connectivity index (χ4n) is 5.11. The summed E-state index contributed by atoms with van der Waals surface area (Å²) in [5.74, 6) is -1.24. The van der Waals surface area contributed by atoms with E-state index in [0.717, 1.165) is 5.56 Å². The Kier molecular flexibility index (Phi) is 6.79. The van der Waals surface area contributed by atoms with Crippen molar-refractivity contribution in [2.45, 2.75) is 59.3 Å². The fourth-order valence-corrected chi connectivity index (χ4v) is 5.11. The molecule has 3 aromatic rings. The lowest BCUT2D eigenvalue weighted by molar-refractivity contribution is -0.157. The van der Waals surface area contributed by atoms with Gasteiger partial charge in [-0.15, -0.1) is 0 Å². The Morgan fingerprint density at radius 2 is 1.83 bits per heavy atom. The summed E-state index contributed by atoms with van der Waals surface area (Å²) >= 11 is 2.03. The average molecular weight is 503 g/mol. The van der Waals surface area contributed by atoms with Crippen molar-refractivity contribution in [3.05, 3.63) is 61.7 Å². The van der Waals surface area contributed by atoms with E-state index in [1.807, 2.05) is 26.9 Å². The zero-order valence-electron chi connectivity index (χ0n) is 19.4. The number of cyclic esters (lactones) is 1. The van der Waals surface area contributed by atoms with Gasteiger partial charge in [0.25, 0.3) is 5.56 Å². The van der Waals surface area contributed by atoms with Gasteiger partial charge >= 0.3 is 5.97 Å². The minimum absolute atomic E-state index is 0.0439. The van der Waals surface area contributed by atoms with Gasteiger partial charge in [0.15, 0.2) is 11.9 Å². The Bertz CT molecular complexity index is 1450. The molecule has 4 heterocycles. The average Bonchev–Trinajstić information content (AvgIpc) is 3.13. The predicted molar refractivity (Wildman–Crippen MR) is 129 cm³/mol. The number of aliphatic hydroxyl groups excluding tert-OH is 1. The monoisotopic (exact) mass is 502 g/mol. The zero-order chi connectivity index (χ0) is 25.6. The van der Waals surface area contributed by atoms with Crippen LogP contribution in [0.4, 0.5) is 8.28 Å². The molecule has 1 aliphatic carbocycles. The lowest BCUT2D eigenvalue weighted by atomic mass is 9.92. The van der Waals surface area contributed by atoms with Crippen molar-refractivity contribution in [3.8, 4) is 11.4 Å². The van der Waals surface area contributed by atoms with Crippen LogP contribution in [0.2, 0.25) is 0 Å².